The number of fused-ring (bicyclic) bond motifs is 14. The fraction of sp³-hybridized carbons (Fsp3) is 0.463. The Morgan fingerprint density at radius 2 is 1.06 bits per heavy atom. The van der Waals surface area contributed by atoms with Gasteiger partial charge in [0.2, 0.25) is 0 Å². The van der Waals surface area contributed by atoms with Gasteiger partial charge in [-0.2, -0.15) is 0 Å². The van der Waals surface area contributed by atoms with Gasteiger partial charge in [-0.1, -0.05) is 161 Å². The first-order chi connectivity index (χ1) is 33.4. The van der Waals surface area contributed by atoms with E-state index < -0.39 is 0 Å². The van der Waals surface area contributed by atoms with Crippen LogP contribution < -0.4 is 31.1 Å². The van der Waals surface area contributed by atoms with Crippen LogP contribution in [0.15, 0.2) is 84.9 Å². The van der Waals surface area contributed by atoms with Crippen molar-refractivity contribution in [3.8, 4) is 11.1 Å². The molecule has 4 heterocycles. The molecule has 13 rings (SSSR count). The highest BCUT2D eigenvalue weighted by atomic mass is 15.3. The number of benzene rings is 6. The zero-order chi connectivity index (χ0) is 50.1. The highest BCUT2D eigenvalue weighted by molar-refractivity contribution is 7.01. The van der Waals surface area contributed by atoms with E-state index in [0.717, 1.165) is 0 Å². The Balaban J connectivity index is 1.20. The SMILES string of the molecule is Cc1cc(C)c2c3c1B1c4c(cc(N5c6ccc(C(C)(C)C)cc6C6(C)CCCCC56C)cc4N3C3(C)CCCCC23C)N(c2c(C)cc(C(C)(C)C)cc2C)c2ccc3c(c21)C(C)(C)c1ccccc1-3. The van der Waals surface area contributed by atoms with Crippen molar-refractivity contribution in [1.82, 2.24) is 0 Å². The van der Waals surface area contributed by atoms with E-state index in [1.165, 1.54) is 158 Å². The van der Waals surface area contributed by atoms with Gasteiger partial charge in [-0.05, 0) is 180 Å². The third-order valence-corrected chi connectivity index (χ3v) is 21.0. The second-order valence-corrected chi connectivity index (χ2v) is 27.4. The molecule has 364 valence electrons. The molecule has 6 aromatic carbocycles. The Hall–Kier alpha value is -5.22. The lowest BCUT2D eigenvalue weighted by Gasteiger charge is -2.54. The average Bonchev–Trinajstić information content (AvgIpc) is 3.77. The van der Waals surface area contributed by atoms with E-state index >= 15 is 0 Å². The molecule has 4 unspecified atom stereocenters. The smallest absolute Gasteiger partial charge is 0.252 e. The summed E-state index contributed by atoms with van der Waals surface area (Å²) in [6, 6.07) is 35.1. The van der Waals surface area contributed by atoms with E-state index in [0.29, 0.717) is 0 Å². The maximum atomic E-state index is 3.01. The summed E-state index contributed by atoms with van der Waals surface area (Å²) in [5.41, 5.74) is 31.4. The molecule has 0 saturated heterocycles. The summed E-state index contributed by atoms with van der Waals surface area (Å²) in [5, 5.41) is 0. The molecule has 4 aliphatic heterocycles. The van der Waals surface area contributed by atoms with Crippen LogP contribution in [-0.4, -0.2) is 17.8 Å². The van der Waals surface area contributed by atoms with Gasteiger partial charge in [0.25, 0.3) is 6.71 Å². The molecule has 7 aliphatic rings. The molecule has 0 bridgehead atoms. The van der Waals surface area contributed by atoms with Crippen LogP contribution in [0.25, 0.3) is 11.1 Å². The highest BCUT2D eigenvalue weighted by Gasteiger charge is 2.64. The van der Waals surface area contributed by atoms with Gasteiger partial charge >= 0.3 is 0 Å². The first kappa shape index (κ1) is 45.6. The van der Waals surface area contributed by atoms with E-state index in [1.54, 1.807) is 16.6 Å². The monoisotopic (exact) mass is 936 g/mol. The Morgan fingerprint density at radius 3 is 1.73 bits per heavy atom. The van der Waals surface area contributed by atoms with Crippen molar-refractivity contribution in [2.75, 3.05) is 14.7 Å². The van der Waals surface area contributed by atoms with E-state index in [1.807, 2.05) is 0 Å². The van der Waals surface area contributed by atoms with Gasteiger partial charge in [0.15, 0.2) is 0 Å². The van der Waals surface area contributed by atoms with Crippen LogP contribution in [0.4, 0.5) is 39.8 Å². The van der Waals surface area contributed by atoms with Crippen molar-refractivity contribution >= 4 is 62.9 Å². The molecule has 2 fully saturated rings. The van der Waals surface area contributed by atoms with Gasteiger partial charge in [-0.15, -0.1) is 0 Å². The minimum absolute atomic E-state index is 0.00758. The van der Waals surface area contributed by atoms with Gasteiger partial charge in [0, 0.05) is 50.4 Å². The molecule has 0 N–H and O–H groups in total. The van der Waals surface area contributed by atoms with Gasteiger partial charge in [0.05, 0.1) is 16.8 Å². The van der Waals surface area contributed by atoms with Crippen molar-refractivity contribution in [2.45, 2.75) is 200 Å². The van der Waals surface area contributed by atoms with Gasteiger partial charge in [-0.25, -0.2) is 0 Å². The van der Waals surface area contributed by atoms with Crippen LogP contribution in [0.2, 0.25) is 0 Å². The van der Waals surface area contributed by atoms with E-state index in [9.17, 15) is 0 Å². The molecular formula is C67H78BN3. The summed E-state index contributed by atoms with van der Waals surface area (Å²) in [6.07, 6.45) is 9.84. The minimum Gasteiger partial charge on any atom is -0.335 e. The highest BCUT2D eigenvalue weighted by Crippen LogP contribution is 2.66. The van der Waals surface area contributed by atoms with Crippen LogP contribution in [0, 0.1) is 27.7 Å². The molecule has 0 amide bonds. The standard InChI is InChI=1S/C67H78BN3/c1-39-33-40(2)56-60-54(39)65(14)30-20-22-32-67(65,16)71(60)53-38-45(70-50-27-25-43(61(5,6)7)36-49(50)64(13)29-19-21-31-66(64,70)15)37-52-57(53)68(56)58-51(69(52)59-41(3)34-44(35-42(59)4)62(8,9)10)28-26-47-46-23-17-18-24-48(46)63(11,12)55(47)58/h17-18,23-28,33-38H,19-22,29-32H2,1-16H3. The summed E-state index contributed by atoms with van der Waals surface area (Å²) in [6.45, 7) is 39.7. The number of aryl methyl sites for hydroxylation is 4. The first-order valence-electron chi connectivity index (χ1n) is 27.7. The minimum atomic E-state index is -0.198. The van der Waals surface area contributed by atoms with Crippen LogP contribution in [0.1, 0.15) is 190 Å². The van der Waals surface area contributed by atoms with Crippen molar-refractivity contribution in [1.29, 1.82) is 0 Å². The Kier molecular flexibility index (Phi) is 9.05. The topological polar surface area (TPSA) is 9.72 Å². The predicted molar refractivity (Wildman–Crippen MR) is 305 cm³/mol. The number of hydrogen-bond donors (Lipinski definition) is 0. The van der Waals surface area contributed by atoms with Crippen LogP contribution in [-0.2, 0) is 27.1 Å². The number of anilines is 7. The maximum Gasteiger partial charge on any atom is 0.252 e. The summed E-state index contributed by atoms with van der Waals surface area (Å²) < 4.78 is 0. The second-order valence-electron chi connectivity index (χ2n) is 27.4. The molecule has 71 heavy (non-hydrogen) atoms. The van der Waals surface area contributed by atoms with Gasteiger partial charge in [-0.3, -0.25) is 0 Å². The molecule has 3 nitrogen and oxygen atoms in total. The van der Waals surface area contributed by atoms with Crippen molar-refractivity contribution in [2.24, 2.45) is 0 Å². The van der Waals surface area contributed by atoms with Crippen molar-refractivity contribution in [3.05, 3.63) is 141 Å². The summed E-state index contributed by atoms with van der Waals surface area (Å²) >= 11 is 0. The average molecular weight is 936 g/mol. The van der Waals surface area contributed by atoms with Crippen LogP contribution in [0.5, 0.6) is 0 Å². The molecule has 3 aliphatic carbocycles. The lowest BCUT2D eigenvalue weighted by Crippen LogP contribution is -2.66. The molecule has 2 saturated carbocycles. The van der Waals surface area contributed by atoms with Crippen molar-refractivity contribution < 1.29 is 0 Å². The molecular weight excluding hydrogens is 858 g/mol. The van der Waals surface area contributed by atoms with E-state index in [2.05, 4.69) is 210 Å². The molecule has 0 radical (unpaired) electrons. The predicted octanol–water partition coefficient (Wildman–Crippen LogP) is 15.9. The maximum absolute atomic E-state index is 3.01. The fourth-order valence-electron chi connectivity index (χ4n) is 17.1. The second kappa shape index (κ2) is 14.1. The summed E-state index contributed by atoms with van der Waals surface area (Å²) in [4.78, 5) is 8.71. The summed E-state index contributed by atoms with van der Waals surface area (Å²) in [7, 11) is 0. The van der Waals surface area contributed by atoms with Gasteiger partial charge < -0.3 is 14.7 Å². The molecule has 4 atom stereocenters. The Morgan fingerprint density at radius 1 is 0.451 bits per heavy atom. The van der Waals surface area contributed by atoms with Crippen LogP contribution >= 0.6 is 0 Å². The van der Waals surface area contributed by atoms with E-state index in [4.69, 9.17) is 0 Å². The first-order valence-corrected chi connectivity index (χ1v) is 27.7. The van der Waals surface area contributed by atoms with Crippen molar-refractivity contribution in [3.63, 3.8) is 0 Å². The zero-order valence-corrected chi connectivity index (χ0v) is 46.2. The largest absolute Gasteiger partial charge is 0.335 e. The Labute approximate surface area is 427 Å². The molecule has 6 aromatic rings. The number of rotatable bonds is 2. The third-order valence-electron chi connectivity index (χ3n) is 21.0. The normalized spacial score (nSPS) is 26.1. The number of hydrogen-bond acceptors (Lipinski definition) is 3. The third kappa shape index (κ3) is 5.48. The Bertz CT molecular complexity index is 3330. The summed E-state index contributed by atoms with van der Waals surface area (Å²) in [5.74, 6) is 0. The fourth-order valence-corrected chi connectivity index (χ4v) is 17.1. The van der Waals surface area contributed by atoms with E-state index in [-0.39, 0.29) is 44.9 Å². The van der Waals surface area contributed by atoms with Gasteiger partial charge in [0.1, 0.15) is 0 Å². The molecule has 0 spiro atoms. The lowest BCUT2D eigenvalue weighted by atomic mass is 9.31. The quantitative estimate of drug-likeness (QED) is 0.160. The zero-order valence-electron chi connectivity index (χ0n) is 46.2. The molecule has 0 aromatic heterocycles. The number of nitrogens with zero attached hydrogens (tertiary/aromatic N) is 3. The molecule has 4 heteroatoms. The van der Waals surface area contributed by atoms with Crippen LogP contribution in [0.3, 0.4) is 0 Å². The lowest BCUT2D eigenvalue weighted by molar-refractivity contribution is 0.193.